The number of amides is 2. The molecule has 0 aliphatic carbocycles. The Hall–Kier alpha value is -1.92. The van der Waals surface area contributed by atoms with Crippen molar-refractivity contribution in [1.29, 1.82) is 0 Å². The van der Waals surface area contributed by atoms with Gasteiger partial charge in [0.1, 0.15) is 0 Å². The summed E-state index contributed by atoms with van der Waals surface area (Å²) in [5.41, 5.74) is 0. The van der Waals surface area contributed by atoms with Crippen LogP contribution in [0.4, 0.5) is 0 Å². The Morgan fingerprint density at radius 3 is 2.43 bits per heavy atom. The quantitative estimate of drug-likeness (QED) is 0.786. The van der Waals surface area contributed by atoms with Crippen molar-refractivity contribution in [2.45, 2.75) is 32.2 Å². The van der Waals surface area contributed by atoms with E-state index in [1.807, 2.05) is 20.7 Å². The van der Waals surface area contributed by atoms with Crippen LogP contribution in [0.5, 0.6) is 0 Å². The average Bonchev–Trinajstić information content (AvgIpc) is 3.17. The van der Waals surface area contributed by atoms with Gasteiger partial charge >= 0.3 is 0 Å². The van der Waals surface area contributed by atoms with E-state index in [9.17, 15) is 9.59 Å². The molecule has 3 rings (SSSR count). The third-order valence-corrected chi connectivity index (χ3v) is 4.58. The second-order valence-electron chi connectivity index (χ2n) is 5.89. The second-order valence-corrected chi connectivity index (χ2v) is 5.89. The molecule has 7 nitrogen and oxygen atoms in total. The molecule has 0 bridgehead atoms. The van der Waals surface area contributed by atoms with Crippen molar-refractivity contribution in [2.24, 2.45) is 5.92 Å². The van der Waals surface area contributed by atoms with Crippen molar-refractivity contribution in [1.82, 2.24) is 24.8 Å². The molecule has 0 saturated carbocycles. The van der Waals surface area contributed by atoms with Crippen LogP contribution < -0.4 is 0 Å². The Balaban J connectivity index is 1.54. The van der Waals surface area contributed by atoms with Crippen molar-refractivity contribution in [3.8, 4) is 0 Å². The topological polar surface area (TPSA) is 71.3 Å². The van der Waals surface area contributed by atoms with Crippen LogP contribution in [0.25, 0.3) is 0 Å². The number of hydrogen-bond donors (Lipinski definition) is 0. The Morgan fingerprint density at radius 2 is 1.81 bits per heavy atom. The van der Waals surface area contributed by atoms with Gasteiger partial charge in [-0.05, 0) is 19.3 Å². The molecule has 2 fully saturated rings. The minimum atomic E-state index is 0.0649. The van der Waals surface area contributed by atoms with E-state index in [4.69, 9.17) is 0 Å². The van der Waals surface area contributed by atoms with Gasteiger partial charge in [0.15, 0.2) is 0 Å². The molecule has 0 spiro atoms. The smallest absolute Gasteiger partial charge is 0.225 e. The maximum atomic E-state index is 12.6. The summed E-state index contributed by atoms with van der Waals surface area (Å²) < 4.78 is 1.84. The summed E-state index contributed by atoms with van der Waals surface area (Å²) in [4.78, 5) is 27.7. The zero-order valence-corrected chi connectivity index (χ0v) is 12.3. The lowest BCUT2D eigenvalue weighted by atomic mass is 9.95. The predicted molar refractivity (Wildman–Crippen MR) is 75.2 cm³/mol. The van der Waals surface area contributed by atoms with Gasteiger partial charge in [0.05, 0.1) is 12.2 Å². The van der Waals surface area contributed by atoms with Crippen molar-refractivity contribution in [2.75, 3.05) is 26.2 Å². The number of nitrogens with zero attached hydrogens (tertiary/aromatic N) is 5. The average molecular weight is 291 g/mol. The van der Waals surface area contributed by atoms with E-state index in [-0.39, 0.29) is 23.8 Å². The summed E-state index contributed by atoms with van der Waals surface area (Å²) in [7, 11) is 0. The third-order valence-electron chi connectivity index (χ3n) is 4.58. The van der Waals surface area contributed by atoms with Crippen LogP contribution in [0.1, 0.15) is 32.2 Å². The first-order chi connectivity index (χ1) is 10.1. The maximum Gasteiger partial charge on any atom is 0.225 e. The van der Waals surface area contributed by atoms with Gasteiger partial charge in [-0.25, -0.2) is 4.68 Å². The highest BCUT2D eigenvalue weighted by Crippen LogP contribution is 2.25. The number of carbonyl (C=O) groups is 2. The lowest BCUT2D eigenvalue weighted by Gasteiger charge is -2.32. The summed E-state index contributed by atoms with van der Waals surface area (Å²) in [5.74, 6) is 0.407. The number of rotatable bonds is 2. The number of piperidine rings is 1. The molecule has 1 aromatic heterocycles. The number of carbonyl (C=O) groups excluding carboxylic acids is 2. The van der Waals surface area contributed by atoms with Crippen LogP contribution in [0.3, 0.4) is 0 Å². The van der Waals surface area contributed by atoms with Crippen molar-refractivity contribution in [3.05, 3.63) is 12.4 Å². The van der Waals surface area contributed by atoms with Gasteiger partial charge in [0, 0.05) is 45.2 Å². The summed E-state index contributed by atoms with van der Waals surface area (Å²) in [6.07, 6.45) is 6.01. The largest absolute Gasteiger partial charge is 0.343 e. The van der Waals surface area contributed by atoms with Crippen molar-refractivity contribution in [3.63, 3.8) is 0 Å². The molecular formula is C14H21N5O2. The van der Waals surface area contributed by atoms with E-state index in [2.05, 4.69) is 10.3 Å². The van der Waals surface area contributed by atoms with Crippen LogP contribution in [0.15, 0.2) is 12.4 Å². The third kappa shape index (κ3) is 2.91. The number of aromatic nitrogens is 3. The van der Waals surface area contributed by atoms with E-state index in [0.717, 1.165) is 32.4 Å². The van der Waals surface area contributed by atoms with Crippen LogP contribution in [-0.4, -0.2) is 62.8 Å². The normalized spacial score (nSPS) is 23.6. The molecule has 0 aromatic carbocycles. The fraction of sp³-hybridized carbons (Fsp3) is 0.714. The SMILES string of the molecule is CC(=O)N1CCC(C(=O)N2CCC(n3ccnn3)C2)CC1. The van der Waals surface area contributed by atoms with Gasteiger partial charge in [0.25, 0.3) is 0 Å². The van der Waals surface area contributed by atoms with Gasteiger partial charge in [-0.2, -0.15) is 0 Å². The standard InChI is InChI=1S/C14H21N5O2/c1-11(20)17-6-2-12(3-7-17)14(21)18-8-4-13(10-18)19-9-5-15-16-19/h5,9,12-13H,2-4,6-8,10H2,1H3. The number of likely N-dealkylation sites (tertiary alicyclic amines) is 2. The van der Waals surface area contributed by atoms with Gasteiger partial charge in [-0.1, -0.05) is 5.21 Å². The highest BCUT2D eigenvalue weighted by Gasteiger charge is 2.33. The molecule has 2 amide bonds. The fourth-order valence-corrected chi connectivity index (χ4v) is 3.27. The highest BCUT2D eigenvalue weighted by atomic mass is 16.2. The van der Waals surface area contributed by atoms with Crippen molar-refractivity contribution >= 4 is 11.8 Å². The molecule has 21 heavy (non-hydrogen) atoms. The van der Waals surface area contributed by atoms with Gasteiger partial charge in [-0.15, -0.1) is 5.10 Å². The zero-order chi connectivity index (χ0) is 14.8. The monoisotopic (exact) mass is 291 g/mol. The summed E-state index contributed by atoms with van der Waals surface area (Å²) >= 11 is 0. The molecule has 1 aromatic rings. The molecule has 0 radical (unpaired) electrons. The Kier molecular flexibility index (Phi) is 3.90. The molecule has 2 saturated heterocycles. The number of hydrogen-bond acceptors (Lipinski definition) is 4. The Bertz CT molecular complexity index is 507. The molecule has 1 atom stereocenters. The molecule has 0 N–H and O–H groups in total. The zero-order valence-electron chi connectivity index (χ0n) is 12.3. The second kappa shape index (κ2) is 5.83. The molecular weight excluding hydrogens is 270 g/mol. The molecule has 2 aliphatic heterocycles. The first-order valence-corrected chi connectivity index (χ1v) is 7.55. The first kappa shape index (κ1) is 14.0. The maximum absolute atomic E-state index is 12.6. The van der Waals surface area contributed by atoms with E-state index in [0.29, 0.717) is 13.1 Å². The van der Waals surface area contributed by atoms with E-state index >= 15 is 0 Å². The molecule has 2 aliphatic rings. The highest BCUT2D eigenvalue weighted by molar-refractivity contribution is 5.80. The van der Waals surface area contributed by atoms with Crippen LogP contribution >= 0.6 is 0 Å². The fourth-order valence-electron chi connectivity index (χ4n) is 3.27. The Morgan fingerprint density at radius 1 is 1.10 bits per heavy atom. The lowest BCUT2D eigenvalue weighted by molar-refractivity contribution is -0.139. The minimum Gasteiger partial charge on any atom is -0.343 e. The van der Waals surface area contributed by atoms with E-state index in [1.54, 1.807) is 13.1 Å². The molecule has 7 heteroatoms. The predicted octanol–water partition coefficient (Wildman–Crippen LogP) is 0.310. The van der Waals surface area contributed by atoms with Gasteiger partial charge in [-0.3, -0.25) is 9.59 Å². The minimum absolute atomic E-state index is 0.0649. The van der Waals surface area contributed by atoms with Gasteiger partial charge < -0.3 is 9.80 Å². The summed E-state index contributed by atoms with van der Waals surface area (Å²) in [5, 5.41) is 7.84. The van der Waals surface area contributed by atoms with Crippen LogP contribution in [0, 0.1) is 5.92 Å². The van der Waals surface area contributed by atoms with E-state index in [1.165, 1.54) is 0 Å². The van der Waals surface area contributed by atoms with Crippen LogP contribution in [0.2, 0.25) is 0 Å². The van der Waals surface area contributed by atoms with Gasteiger partial charge in [0.2, 0.25) is 11.8 Å². The molecule has 114 valence electrons. The molecule has 3 heterocycles. The lowest BCUT2D eigenvalue weighted by Crippen LogP contribution is -2.43. The summed E-state index contributed by atoms with van der Waals surface area (Å²) in [6.45, 7) is 4.49. The van der Waals surface area contributed by atoms with Crippen LogP contribution in [-0.2, 0) is 9.59 Å². The molecule has 1 unspecified atom stereocenters. The van der Waals surface area contributed by atoms with E-state index < -0.39 is 0 Å². The summed E-state index contributed by atoms with van der Waals surface area (Å²) in [6, 6.07) is 0.244. The van der Waals surface area contributed by atoms with Crippen molar-refractivity contribution < 1.29 is 9.59 Å². The Labute approximate surface area is 123 Å². The first-order valence-electron chi connectivity index (χ1n) is 7.55.